The molecule has 2 rings (SSSR count). The van der Waals surface area contributed by atoms with Gasteiger partial charge in [0.05, 0.1) is 16.5 Å². The van der Waals surface area contributed by atoms with Gasteiger partial charge in [0.15, 0.2) is 0 Å². The van der Waals surface area contributed by atoms with E-state index in [1.54, 1.807) is 11.6 Å². The average molecular weight is 219 g/mol. The lowest BCUT2D eigenvalue weighted by atomic mass is 10.1. The minimum absolute atomic E-state index is 0.0815. The van der Waals surface area contributed by atoms with Crippen LogP contribution in [0.25, 0.3) is 10.9 Å². The van der Waals surface area contributed by atoms with Gasteiger partial charge in [-0.05, 0) is 18.1 Å². The van der Waals surface area contributed by atoms with Gasteiger partial charge < -0.3 is 14.8 Å². The molecule has 2 aromatic rings. The van der Waals surface area contributed by atoms with Gasteiger partial charge in [-0.1, -0.05) is 13.0 Å². The van der Waals surface area contributed by atoms with Crippen molar-refractivity contribution in [3.63, 3.8) is 0 Å². The average Bonchev–Trinajstić information content (AvgIpc) is 2.58. The van der Waals surface area contributed by atoms with Gasteiger partial charge in [-0.15, -0.1) is 0 Å². The van der Waals surface area contributed by atoms with E-state index < -0.39 is 5.97 Å². The predicted octanol–water partition coefficient (Wildman–Crippen LogP) is 2.14. The number of aryl methyl sites for hydroxylation is 2. The number of carboxylic acid groups (broad SMARTS) is 1. The summed E-state index contributed by atoms with van der Waals surface area (Å²) in [5.41, 5.74) is 1.64. The predicted molar refractivity (Wildman–Crippen MR) is 60.9 cm³/mol. The first-order valence-electron chi connectivity index (χ1n) is 5.09. The number of rotatable bonds is 2. The Bertz CT molecular complexity index is 569. The van der Waals surface area contributed by atoms with Crippen molar-refractivity contribution < 1.29 is 15.0 Å². The standard InChI is InChI=1S/C12H13NO3/c1-3-7-4-5-9-10(11(7)14)8(12(15)16)6-13(9)2/h4-6,14H,3H2,1-2H3,(H,15,16). The Balaban J connectivity index is 2.89. The van der Waals surface area contributed by atoms with Crippen molar-refractivity contribution in [1.82, 2.24) is 4.57 Å². The molecule has 0 saturated carbocycles. The SMILES string of the molecule is CCc1ccc2c(c(C(=O)O)cn2C)c1O. The molecular weight excluding hydrogens is 206 g/mol. The summed E-state index contributed by atoms with van der Waals surface area (Å²) in [7, 11) is 1.76. The molecule has 0 radical (unpaired) electrons. The van der Waals surface area contributed by atoms with Crippen molar-refractivity contribution in [3.05, 3.63) is 29.5 Å². The monoisotopic (exact) mass is 219 g/mol. The molecule has 0 aliphatic rings. The van der Waals surface area contributed by atoms with Gasteiger partial charge in [-0.3, -0.25) is 0 Å². The van der Waals surface area contributed by atoms with Crippen LogP contribution in [0.5, 0.6) is 5.75 Å². The number of hydrogen-bond donors (Lipinski definition) is 2. The number of nitrogens with zero attached hydrogens (tertiary/aromatic N) is 1. The highest BCUT2D eigenvalue weighted by Gasteiger charge is 2.17. The van der Waals surface area contributed by atoms with Crippen LogP contribution in [0.2, 0.25) is 0 Å². The minimum Gasteiger partial charge on any atom is -0.507 e. The Kier molecular flexibility index (Phi) is 2.34. The quantitative estimate of drug-likeness (QED) is 0.813. The van der Waals surface area contributed by atoms with Crippen LogP contribution in [-0.4, -0.2) is 20.7 Å². The highest BCUT2D eigenvalue weighted by molar-refractivity contribution is 6.06. The molecule has 0 bridgehead atoms. The van der Waals surface area contributed by atoms with Gasteiger partial charge in [-0.2, -0.15) is 0 Å². The summed E-state index contributed by atoms with van der Waals surface area (Å²) in [6.07, 6.45) is 2.20. The zero-order valence-corrected chi connectivity index (χ0v) is 9.19. The minimum atomic E-state index is -1.02. The molecular formula is C12H13NO3. The molecule has 84 valence electrons. The fraction of sp³-hybridized carbons (Fsp3) is 0.250. The van der Waals surface area contributed by atoms with Crippen LogP contribution in [0.4, 0.5) is 0 Å². The molecule has 1 aromatic heterocycles. The fourth-order valence-electron chi connectivity index (χ4n) is 1.96. The van der Waals surface area contributed by atoms with E-state index in [2.05, 4.69) is 0 Å². The number of hydrogen-bond acceptors (Lipinski definition) is 2. The third kappa shape index (κ3) is 1.34. The van der Waals surface area contributed by atoms with Crippen LogP contribution < -0.4 is 0 Å². The van der Waals surface area contributed by atoms with Crippen molar-refractivity contribution in [1.29, 1.82) is 0 Å². The van der Waals surface area contributed by atoms with Crippen LogP contribution in [0.15, 0.2) is 18.3 Å². The van der Waals surface area contributed by atoms with Crippen LogP contribution in [0.1, 0.15) is 22.8 Å². The second-order valence-corrected chi connectivity index (χ2v) is 3.78. The molecule has 4 heteroatoms. The molecule has 0 spiro atoms. The van der Waals surface area contributed by atoms with Gasteiger partial charge >= 0.3 is 5.97 Å². The maximum absolute atomic E-state index is 11.1. The normalized spacial score (nSPS) is 10.9. The zero-order chi connectivity index (χ0) is 11.9. The Morgan fingerprint density at radius 3 is 2.69 bits per heavy atom. The third-order valence-electron chi connectivity index (χ3n) is 2.82. The first kappa shape index (κ1) is 10.5. The molecule has 0 atom stereocenters. The van der Waals surface area contributed by atoms with Crippen molar-refractivity contribution >= 4 is 16.9 Å². The van der Waals surface area contributed by atoms with E-state index in [1.807, 2.05) is 19.1 Å². The van der Waals surface area contributed by atoms with Crippen molar-refractivity contribution in [2.75, 3.05) is 0 Å². The van der Waals surface area contributed by atoms with Crippen LogP contribution >= 0.6 is 0 Å². The fourth-order valence-corrected chi connectivity index (χ4v) is 1.96. The van der Waals surface area contributed by atoms with Gasteiger partial charge in [0.25, 0.3) is 0 Å². The lowest BCUT2D eigenvalue weighted by Crippen LogP contribution is -1.94. The number of fused-ring (bicyclic) bond motifs is 1. The van der Waals surface area contributed by atoms with E-state index in [4.69, 9.17) is 5.11 Å². The summed E-state index contributed by atoms with van der Waals surface area (Å²) in [6.45, 7) is 1.92. The Morgan fingerprint density at radius 1 is 1.44 bits per heavy atom. The number of aromatic nitrogens is 1. The third-order valence-corrected chi connectivity index (χ3v) is 2.82. The summed E-state index contributed by atoms with van der Waals surface area (Å²) in [5.74, 6) is -0.938. The molecule has 0 aliphatic heterocycles. The van der Waals surface area contributed by atoms with Crippen molar-refractivity contribution in [2.24, 2.45) is 7.05 Å². The van der Waals surface area contributed by atoms with E-state index >= 15 is 0 Å². The topological polar surface area (TPSA) is 62.5 Å². The molecule has 0 saturated heterocycles. The summed E-state index contributed by atoms with van der Waals surface area (Å²) in [4.78, 5) is 11.1. The molecule has 0 fully saturated rings. The van der Waals surface area contributed by atoms with Crippen LogP contribution in [-0.2, 0) is 13.5 Å². The molecule has 0 amide bonds. The number of phenolic OH excluding ortho intramolecular Hbond substituents is 1. The van der Waals surface area contributed by atoms with Crippen molar-refractivity contribution in [3.8, 4) is 5.75 Å². The van der Waals surface area contributed by atoms with Crippen molar-refractivity contribution in [2.45, 2.75) is 13.3 Å². The Hall–Kier alpha value is -1.97. The molecule has 1 heterocycles. The number of carboxylic acids is 1. The number of phenols is 1. The first-order chi connectivity index (χ1) is 7.56. The highest BCUT2D eigenvalue weighted by Crippen LogP contribution is 2.32. The van der Waals surface area contributed by atoms with Gasteiger partial charge in [0.1, 0.15) is 5.75 Å². The summed E-state index contributed by atoms with van der Waals surface area (Å²) >= 11 is 0. The largest absolute Gasteiger partial charge is 0.507 e. The smallest absolute Gasteiger partial charge is 0.338 e. The van der Waals surface area contributed by atoms with Gasteiger partial charge in [0.2, 0.25) is 0 Å². The highest BCUT2D eigenvalue weighted by atomic mass is 16.4. The zero-order valence-electron chi connectivity index (χ0n) is 9.19. The number of benzene rings is 1. The molecule has 16 heavy (non-hydrogen) atoms. The second-order valence-electron chi connectivity index (χ2n) is 3.78. The summed E-state index contributed by atoms with van der Waals surface area (Å²) in [5, 5.41) is 19.5. The summed E-state index contributed by atoms with van der Waals surface area (Å²) < 4.78 is 1.71. The van der Waals surface area contributed by atoms with Gasteiger partial charge in [-0.25, -0.2) is 4.79 Å². The van der Waals surface area contributed by atoms with E-state index in [0.717, 1.165) is 11.1 Å². The second kappa shape index (κ2) is 3.56. The van der Waals surface area contributed by atoms with Gasteiger partial charge in [0, 0.05) is 13.2 Å². The molecule has 1 aromatic carbocycles. The number of carbonyl (C=O) groups is 1. The molecule has 0 aliphatic carbocycles. The van der Waals surface area contributed by atoms with E-state index in [1.165, 1.54) is 6.20 Å². The number of aromatic carboxylic acids is 1. The van der Waals surface area contributed by atoms with E-state index in [0.29, 0.717) is 11.8 Å². The van der Waals surface area contributed by atoms with E-state index in [-0.39, 0.29) is 11.3 Å². The molecule has 2 N–H and O–H groups in total. The number of aromatic hydroxyl groups is 1. The Labute approximate surface area is 92.7 Å². The first-order valence-corrected chi connectivity index (χ1v) is 5.09. The van der Waals surface area contributed by atoms with Crippen LogP contribution in [0.3, 0.4) is 0 Å². The van der Waals surface area contributed by atoms with E-state index in [9.17, 15) is 9.90 Å². The lowest BCUT2D eigenvalue weighted by Gasteiger charge is -2.04. The Morgan fingerprint density at radius 2 is 2.12 bits per heavy atom. The maximum Gasteiger partial charge on any atom is 0.338 e. The molecule has 4 nitrogen and oxygen atoms in total. The molecule has 0 unspecified atom stereocenters. The lowest BCUT2D eigenvalue weighted by molar-refractivity contribution is 0.0698. The van der Waals surface area contributed by atoms with Crippen LogP contribution in [0, 0.1) is 0 Å². The maximum atomic E-state index is 11.1. The summed E-state index contributed by atoms with van der Waals surface area (Å²) in [6, 6.07) is 3.66.